The Hall–Kier alpha value is -0.840. The smallest absolute Gasteiger partial charge is 0.412 e. The SMILES string of the molecule is CC(C)(C)OC(=O)N1CCCC(F)C1O. The van der Waals surface area contributed by atoms with E-state index in [1.165, 1.54) is 0 Å². The Morgan fingerprint density at radius 2 is 2.13 bits per heavy atom. The molecule has 88 valence electrons. The fraction of sp³-hybridized carbons (Fsp3) is 0.900. The number of nitrogens with zero attached hydrogens (tertiary/aromatic N) is 1. The van der Waals surface area contributed by atoms with Crippen molar-refractivity contribution in [1.82, 2.24) is 4.90 Å². The molecule has 1 N–H and O–H groups in total. The summed E-state index contributed by atoms with van der Waals surface area (Å²) >= 11 is 0. The van der Waals surface area contributed by atoms with Gasteiger partial charge in [0.1, 0.15) is 11.8 Å². The number of likely N-dealkylation sites (tertiary alicyclic amines) is 1. The normalized spacial score (nSPS) is 27.7. The molecule has 0 aromatic rings. The molecule has 1 aliphatic rings. The summed E-state index contributed by atoms with van der Waals surface area (Å²) in [5.41, 5.74) is -0.625. The number of carbonyl (C=O) groups is 1. The second-order valence-corrected chi connectivity index (χ2v) is 4.75. The number of alkyl halides is 1. The van der Waals surface area contributed by atoms with E-state index < -0.39 is 24.1 Å². The topological polar surface area (TPSA) is 49.8 Å². The van der Waals surface area contributed by atoms with Crippen molar-refractivity contribution in [3.8, 4) is 0 Å². The zero-order valence-electron chi connectivity index (χ0n) is 9.36. The monoisotopic (exact) mass is 219 g/mol. The number of hydrogen-bond acceptors (Lipinski definition) is 3. The van der Waals surface area contributed by atoms with Gasteiger partial charge in [0, 0.05) is 6.54 Å². The lowest BCUT2D eigenvalue weighted by Gasteiger charge is -2.35. The molecular formula is C10H18FNO3. The predicted octanol–water partition coefficient (Wildman–Crippen LogP) is 1.67. The molecule has 5 heteroatoms. The highest BCUT2D eigenvalue weighted by atomic mass is 19.1. The van der Waals surface area contributed by atoms with Crippen molar-refractivity contribution < 1.29 is 19.0 Å². The van der Waals surface area contributed by atoms with Gasteiger partial charge in [-0.25, -0.2) is 9.18 Å². The van der Waals surface area contributed by atoms with Crippen LogP contribution in [0, 0.1) is 0 Å². The maximum absolute atomic E-state index is 13.1. The molecule has 0 bridgehead atoms. The summed E-state index contributed by atoms with van der Waals surface area (Å²) in [5, 5.41) is 9.45. The average molecular weight is 219 g/mol. The van der Waals surface area contributed by atoms with E-state index >= 15 is 0 Å². The molecule has 1 heterocycles. The van der Waals surface area contributed by atoms with Crippen molar-refractivity contribution in [2.75, 3.05) is 6.54 Å². The van der Waals surface area contributed by atoms with Gasteiger partial charge in [0.2, 0.25) is 0 Å². The lowest BCUT2D eigenvalue weighted by Crippen LogP contribution is -2.51. The Morgan fingerprint density at radius 3 is 2.67 bits per heavy atom. The molecule has 0 radical (unpaired) electrons. The van der Waals surface area contributed by atoms with Gasteiger partial charge in [-0.05, 0) is 33.6 Å². The summed E-state index contributed by atoms with van der Waals surface area (Å²) in [5.74, 6) is 0. The first kappa shape index (κ1) is 12.2. The van der Waals surface area contributed by atoms with Gasteiger partial charge >= 0.3 is 6.09 Å². The van der Waals surface area contributed by atoms with E-state index in [0.29, 0.717) is 19.4 Å². The molecule has 0 aromatic carbocycles. The fourth-order valence-electron chi connectivity index (χ4n) is 1.45. The minimum Gasteiger partial charge on any atom is -0.444 e. The van der Waals surface area contributed by atoms with E-state index in [0.717, 1.165) is 4.90 Å². The predicted molar refractivity (Wildman–Crippen MR) is 53.1 cm³/mol. The van der Waals surface area contributed by atoms with Gasteiger partial charge < -0.3 is 9.84 Å². The van der Waals surface area contributed by atoms with Crippen LogP contribution in [0.15, 0.2) is 0 Å². The first-order chi connectivity index (χ1) is 6.81. The summed E-state index contributed by atoms with van der Waals surface area (Å²) in [6, 6.07) is 0. The van der Waals surface area contributed by atoms with Crippen molar-refractivity contribution in [2.24, 2.45) is 0 Å². The molecular weight excluding hydrogens is 201 g/mol. The molecule has 1 saturated heterocycles. The van der Waals surface area contributed by atoms with Gasteiger partial charge in [0.05, 0.1) is 0 Å². The van der Waals surface area contributed by atoms with Gasteiger partial charge in [-0.1, -0.05) is 0 Å². The largest absolute Gasteiger partial charge is 0.444 e. The van der Waals surface area contributed by atoms with E-state index in [9.17, 15) is 14.3 Å². The highest BCUT2D eigenvalue weighted by Crippen LogP contribution is 2.21. The number of carbonyl (C=O) groups excluding carboxylic acids is 1. The van der Waals surface area contributed by atoms with E-state index in [-0.39, 0.29) is 0 Å². The highest BCUT2D eigenvalue weighted by Gasteiger charge is 2.35. The Labute approximate surface area is 89.0 Å². The van der Waals surface area contributed by atoms with Crippen LogP contribution < -0.4 is 0 Å². The van der Waals surface area contributed by atoms with Gasteiger partial charge in [-0.15, -0.1) is 0 Å². The molecule has 1 fully saturated rings. The molecule has 15 heavy (non-hydrogen) atoms. The zero-order chi connectivity index (χ0) is 11.6. The number of piperidine rings is 1. The van der Waals surface area contributed by atoms with Crippen LogP contribution in [0.25, 0.3) is 0 Å². The van der Waals surface area contributed by atoms with Crippen molar-refractivity contribution >= 4 is 6.09 Å². The fourth-order valence-corrected chi connectivity index (χ4v) is 1.45. The molecule has 0 spiro atoms. The van der Waals surface area contributed by atoms with Crippen molar-refractivity contribution in [3.63, 3.8) is 0 Å². The van der Waals surface area contributed by atoms with Crippen LogP contribution in [-0.2, 0) is 4.74 Å². The number of aliphatic hydroxyl groups excluding tert-OH is 1. The van der Waals surface area contributed by atoms with Crippen LogP contribution in [0.1, 0.15) is 33.6 Å². The molecule has 0 saturated carbocycles. The number of rotatable bonds is 0. The molecule has 1 amide bonds. The van der Waals surface area contributed by atoms with Crippen molar-refractivity contribution in [3.05, 3.63) is 0 Å². The summed E-state index contributed by atoms with van der Waals surface area (Å²) < 4.78 is 18.2. The van der Waals surface area contributed by atoms with Gasteiger partial charge in [-0.3, -0.25) is 4.90 Å². The molecule has 4 nitrogen and oxygen atoms in total. The Kier molecular flexibility index (Phi) is 3.54. The first-order valence-electron chi connectivity index (χ1n) is 5.13. The third kappa shape index (κ3) is 3.34. The van der Waals surface area contributed by atoms with Crippen LogP contribution >= 0.6 is 0 Å². The van der Waals surface area contributed by atoms with Gasteiger partial charge in [0.15, 0.2) is 6.23 Å². The lowest BCUT2D eigenvalue weighted by atomic mass is 10.1. The third-order valence-corrected chi connectivity index (χ3v) is 2.15. The van der Waals surface area contributed by atoms with E-state index in [1.807, 2.05) is 0 Å². The number of amides is 1. The second kappa shape index (κ2) is 4.35. The van der Waals surface area contributed by atoms with E-state index in [1.54, 1.807) is 20.8 Å². The van der Waals surface area contributed by atoms with Crippen molar-refractivity contribution in [2.45, 2.75) is 51.6 Å². The van der Waals surface area contributed by atoms with Crippen molar-refractivity contribution in [1.29, 1.82) is 0 Å². The highest BCUT2D eigenvalue weighted by molar-refractivity contribution is 5.68. The van der Waals surface area contributed by atoms with Crippen LogP contribution in [0.3, 0.4) is 0 Å². The summed E-state index contributed by atoms with van der Waals surface area (Å²) in [6.45, 7) is 5.53. The number of ether oxygens (including phenoxy) is 1. The number of halogens is 1. The summed E-state index contributed by atoms with van der Waals surface area (Å²) in [6.07, 6.45) is -2.55. The van der Waals surface area contributed by atoms with Gasteiger partial charge in [0.25, 0.3) is 0 Å². The van der Waals surface area contributed by atoms with E-state index in [4.69, 9.17) is 4.74 Å². The molecule has 2 atom stereocenters. The van der Waals surface area contributed by atoms with Crippen LogP contribution in [0.4, 0.5) is 9.18 Å². The molecule has 0 aliphatic carbocycles. The molecule has 2 unspecified atom stereocenters. The second-order valence-electron chi connectivity index (χ2n) is 4.75. The van der Waals surface area contributed by atoms with Crippen LogP contribution in [-0.4, -0.2) is 40.6 Å². The minimum absolute atomic E-state index is 0.292. The van der Waals surface area contributed by atoms with Crippen LogP contribution in [0.5, 0.6) is 0 Å². The average Bonchev–Trinajstić information content (AvgIpc) is 2.06. The Morgan fingerprint density at radius 1 is 1.53 bits per heavy atom. The zero-order valence-corrected chi connectivity index (χ0v) is 9.36. The Balaban J connectivity index is 2.59. The van der Waals surface area contributed by atoms with Gasteiger partial charge in [-0.2, -0.15) is 0 Å². The summed E-state index contributed by atoms with van der Waals surface area (Å²) in [4.78, 5) is 12.6. The first-order valence-corrected chi connectivity index (χ1v) is 5.13. The minimum atomic E-state index is -1.37. The van der Waals surface area contributed by atoms with E-state index in [2.05, 4.69) is 0 Å². The molecule has 1 aliphatic heterocycles. The lowest BCUT2D eigenvalue weighted by molar-refractivity contribution is -0.0808. The number of aliphatic hydroxyl groups is 1. The summed E-state index contributed by atoms with van der Waals surface area (Å²) in [7, 11) is 0. The maximum atomic E-state index is 13.1. The van der Waals surface area contributed by atoms with Crippen LogP contribution in [0.2, 0.25) is 0 Å². The number of hydrogen-bond donors (Lipinski definition) is 1. The molecule has 1 rings (SSSR count). The molecule has 0 aromatic heterocycles. The third-order valence-electron chi connectivity index (χ3n) is 2.15. The Bertz CT molecular complexity index is 239. The quantitative estimate of drug-likeness (QED) is 0.674. The maximum Gasteiger partial charge on any atom is 0.412 e. The standard InChI is InChI=1S/C10H18FNO3/c1-10(2,3)15-9(14)12-6-4-5-7(11)8(12)13/h7-8,13H,4-6H2,1-3H3.